The van der Waals surface area contributed by atoms with E-state index in [0.717, 1.165) is 0 Å². The van der Waals surface area contributed by atoms with E-state index in [-0.39, 0.29) is 0 Å². The van der Waals surface area contributed by atoms with Crippen molar-refractivity contribution in [1.29, 1.82) is 0 Å². The molecule has 2 nitrogen and oxygen atoms in total. The minimum absolute atomic E-state index is 1.20. The quantitative estimate of drug-likeness (QED) is 0.143. The third-order valence-electron chi connectivity index (χ3n) is 6.35. The highest BCUT2D eigenvalue weighted by atomic mass is 15.1. The molecular formula is C27H53N2+. The Morgan fingerprint density at radius 3 is 1.59 bits per heavy atom. The van der Waals surface area contributed by atoms with Crippen LogP contribution in [0.3, 0.4) is 0 Å². The summed E-state index contributed by atoms with van der Waals surface area (Å²) < 4.78 is 5.06. The molecule has 1 aromatic rings. The summed E-state index contributed by atoms with van der Waals surface area (Å²) in [7, 11) is 0. The summed E-state index contributed by atoms with van der Waals surface area (Å²) in [5.41, 5.74) is 0. The minimum Gasteiger partial charge on any atom is -0.234 e. The van der Waals surface area contributed by atoms with E-state index >= 15 is 0 Å². The van der Waals surface area contributed by atoms with E-state index in [1.807, 2.05) is 0 Å². The highest BCUT2D eigenvalue weighted by Crippen LogP contribution is 2.14. The standard InChI is InChI=1S/C27H53N2/c1-4-7-10-11-12-13-14-15-16-17-18-19-20-21-22-27-28(23-8-5-2)25-26-29(27)24-9-6-3/h25-26H,4-24H2,1-3H3/q+1. The molecule has 170 valence electrons. The molecule has 0 aliphatic heterocycles. The number of hydrogen-bond acceptors (Lipinski definition) is 0. The van der Waals surface area contributed by atoms with Gasteiger partial charge in [0.25, 0.3) is 5.82 Å². The van der Waals surface area contributed by atoms with Gasteiger partial charge in [0.2, 0.25) is 0 Å². The Bertz CT molecular complexity index is 438. The van der Waals surface area contributed by atoms with E-state index in [0.29, 0.717) is 0 Å². The van der Waals surface area contributed by atoms with Crippen LogP contribution in [0, 0.1) is 0 Å². The predicted octanol–water partition coefficient (Wildman–Crippen LogP) is 8.40. The fraction of sp³-hybridized carbons (Fsp3) is 0.889. The van der Waals surface area contributed by atoms with Gasteiger partial charge in [-0.1, -0.05) is 117 Å². The molecule has 29 heavy (non-hydrogen) atoms. The molecule has 0 atom stereocenters. The number of nitrogens with zero attached hydrogens (tertiary/aromatic N) is 2. The summed E-state index contributed by atoms with van der Waals surface area (Å²) in [6.07, 6.45) is 31.2. The van der Waals surface area contributed by atoms with Gasteiger partial charge < -0.3 is 0 Å². The molecule has 1 heterocycles. The molecule has 2 heteroatoms. The second-order valence-electron chi connectivity index (χ2n) is 9.15. The molecule has 0 radical (unpaired) electrons. The van der Waals surface area contributed by atoms with Crippen molar-refractivity contribution in [3.63, 3.8) is 0 Å². The topological polar surface area (TPSA) is 8.81 Å². The number of rotatable bonds is 21. The van der Waals surface area contributed by atoms with Gasteiger partial charge in [-0.3, -0.25) is 0 Å². The number of imidazole rings is 1. The number of unbranched alkanes of at least 4 members (excludes halogenated alkanes) is 15. The predicted molar refractivity (Wildman–Crippen MR) is 128 cm³/mol. The lowest BCUT2D eigenvalue weighted by Crippen LogP contribution is -2.37. The Hall–Kier alpha value is -0.790. The fourth-order valence-corrected chi connectivity index (χ4v) is 4.33. The van der Waals surface area contributed by atoms with Crippen molar-refractivity contribution in [1.82, 2.24) is 4.57 Å². The van der Waals surface area contributed by atoms with Crippen molar-refractivity contribution >= 4 is 0 Å². The van der Waals surface area contributed by atoms with Crippen molar-refractivity contribution in [2.24, 2.45) is 0 Å². The molecule has 1 rings (SSSR count). The van der Waals surface area contributed by atoms with E-state index in [1.54, 1.807) is 5.82 Å². The zero-order chi connectivity index (χ0) is 21.0. The Kier molecular flexibility index (Phi) is 17.4. The molecule has 0 fully saturated rings. The van der Waals surface area contributed by atoms with Crippen LogP contribution < -0.4 is 4.57 Å². The third-order valence-corrected chi connectivity index (χ3v) is 6.35. The lowest BCUT2D eigenvalue weighted by atomic mass is 10.0. The third kappa shape index (κ3) is 13.2. The summed E-state index contributed by atoms with van der Waals surface area (Å²) in [6.45, 7) is 9.28. The van der Waals surface area contributed by atoms with Crippen LogP contribution in [-0.2, 0) is 19.5 Å². The second-order valence-corrected chi connectivity index (χ2v) is 9.15. The highest BCUT2D eigenvalue weighted by molar-refractivity contribution is 4.84. The molecule has 0 aliphatic rings. The van der Waals surface area contributed by atoms with Gasteiger partial charge >= 0.3 is 0 Å². The maximum absolute atomic E-state index is 2.53. The van der Waals surface area contributed by atoms with Crippen LogP contribution >= 0.6 is 0 Å². The van der Waals surface area contributed by atoms with Gasteiger partial charge in [0.05, 0.1) is 13.1 Å². The minimum atomic E-state index is 1.20. The van der Waals surface area contributed by atoms with Gasteiger partial charge in [-0.25, -0.2) is 9.13 Å². The normalized spacial score (nSPS) is 11.4. The van der Waals surface area contributed by atoms with Crippen molar-refractivity contribution in [3.05, 3.63) is 18.2 Å². The largest absolute Gasteiger partial charge is 0.256 e. The first-order valence-electron chi connectivity index (χ1n) is 13.4. The molecule has 0 spiro atoms. The molecule has 0 bridgehead atoms. The molecule has 0 saturated carbocycles. The smallest absolute Gasteiger partial charge is 0.234 e. The SMILES string of the molecule is CCCCCCCCCCCCCCCCc1n(CCCC)cc[n+]1CCCC. The zero-order valence-electron chi connectivity index (χ0n) is 20.4. The second kappa shape index (κ2) is 19.2. The first-order valence-corrected chi connectivity index (χ1v) is 13.4. The van der Waals surface area contributed by atoms with Gasteiger partial charge in [-0.15, -0.1) is 0 Å². The van der Waals surface area contributed by atoms with Gasteiger partial charge in [0.15, 0.2) is 0 Å². The summed E-state index contributed by atoms with van der Waals surface area (Å²) in [5.74, 6) is 1.57. The van der Waals surface area contributed by atoms with E-state index in [4.69, 9.17) is 0 Å². The van der Waals surface area contributed by atoms with Crippen LogP contribution in [0.15, 0.2) is 12.4 Å². The first kappa shape index (κ1) is 26.2. The monoisotopic (exact) mass is 405 g/mol. The highest BCUT2D eigenvalue weighted by Gasteiger charge is 2.15. The van der Waals surface area contributed by atoms with Gasteiger partial charge in [0, 0.05) is 6.42 Å². The summed E-state index contributed by atoms with van der Waals surface area (Å²) >= 11 is 0. The van der Waals surface area contributed by atoms with Crippen molar-refractivity contribution in [2.45, 2.75) is 156 Å². The van der Waals surface area contributed by atoms with Crippen LogP contribution in [0.2, 0.25) is 0 Å². The molecule has 1 aromatic heterocycles. The van der Waals surface area contributed by atoms with Crippen LogP contribution in [0.5, 0.6) is 0 Å². The van der Waals surface area contributed by atoms with Crippen LogP contribution in [0.25, 0.3) is 0 Å². The maximum atomic E-state index is 2.53. The zero-order valence-corrected chi connectivity index (χ0v) is 20.4. The van der Waals surface area contributed by atoms with Crippen molar-refractivity contribution in [2.75, 3.05) is 0 Å². The van der Waals surface area contributed by atoms with E-state index in [9.17, 15) is 0 Å². The Morgan fingerprint density at radius 1 is 0.586 bits per heavy atom. The molecule has 0 aliphatic carbocycles. The summed E-state index contributed by atoms with van der Waals surface area (Å²) in [4.78, 5) is 0. The van der Waals surface area contributed by atoms with E-state index in [2.05, 4.69) is 42.3 Å². The molecule has 0 N–H and O–H groups in total. The number of aryl methyl sites for hydroxylation is 2. The van der Waals surface area contributed by atoms with Gasteiger partial charge in [-0.2, -0.15) is 0 Å². The lowest BCUT2D eigenvalue weighted by molar-refractivity contribution is -0.704. The number of hydrogen-bond donors (Lipinski definition) is 0. The molecule has 0 unspecified atom stereocenters. The first-order chi connectivity index (χ1) is 14.3. The Morgan fingerprint density at radius 2 is 1.07 bits per heavy atom. The molecular weight excluding hydrogens is 352 g/mol. The van der Waals surface area contributed by atoms with E-state index < -0.39 is 0 Å². The lowest BCUT2D eigenvalue weighted by Gasteiger charge is -2.06. The van der Waals surface area contributed by atoms with Gasteiger partial charge in [0.1, 0.15) is 12.4 Å². The van der Waals surface area contributed by atoms with Gasteiger partial charge in [-0.05, 0) is 19.3 Å². The van der Waals surface area contributed by atoms with Crippen LogP contribution in [0.4, 0.5) is 0 Å². The Labute approximate surface area is 183 Å². The maximum Gasteiger partial charge on any atom is 0.256 e. The van der Waals surface area contributed by atoms with Crippen LogP contribution in [0.1, 0.15) is 142 Å². The van der Waals surface area contributed by atoms with Crippen molar-refractivity contribution < 1.29 is 4.57 Å². The number of aromatic nitrogens is 2. The Balaban J connectivity index is 2.07. The average molecular weight is 406 g/mol. The summed E-state index contributed by atoms with van der Waals surface area (Å²) in [6, 6.07) is 0. The fourth-order valence-electron chi connectivity index (χ4n) is 4.33. The average Bonchev–Trinajstić information content (AvgIpc) is 3.12. The molecule has 0 saturated heterocycles. The molecule has 0 aromatic carbocycles. The van der Waals surface area contributed by atoms with Crippen molar-refractivity contribution in [3.8, 4) is 0 Å². The van der Waals surface area contributed by atoms with E-state index in [1.165, 1.54) is 135 Å². The summed E-state index contributed by atoms with van der Waals surface area (Å²) in [5, 5.41) is 0. The molecule has 0 amide bonds. The van der Waals surface area contributed by atoms with Crippen LogP contribution in [-0.4, -0.2) is 4.57 Å².